The van der Waals surface area contributed by atoms with Gasteiger partial charge in [0.15, 0.2) is 11.6 Å². The molecule has 31 heavy (non-hydrogen) atoms. The highest BCUT2D eigenvalue weighted by Gasteiger charge is 2.24. The number of nitrogens with two attached hydrogens (primary N) is 1. The molecule has 0 saturated heterocycles. The predicted octanol–water partition coefficient (Wildman–Crippen LogP) is 5.15. The Morgan fingerprint density at radius 1 is 1.16 bits per heavy atom. The van der Waals surface area contributed by atoms with Crippen LogP contribution < -0.4 is 10.5 Å². The lowest BCUT2D eigenvalue weighted by molar-refractivity contribution is 0.124. The Hall–Kier alpha value is -3.42. The number of amides is 1. The molecule has 3 rings (SSSR count). The normalized spacial score (nSPS) is 11.4. The van der Waals surface area contributed by atoms with Crippen molar-refractivity contribution >= 4 is 6.09 Å². The number of nitrogens with zero attached hydrogens (tertiary/aromatic N) is 1. The summed E-state index contributed by atoms with van der Waals surface area (Å²) >= 11 is 0. The molecule has 1 heterocycles. The number of carbonyl (C=O) groups is 1. The molecule has 0 fully saturated rings. The SMILES string of the molecule is Cc1c(CCOC(N)=O)cccc1-c1[nH]ncc1-c1c(F)ccc(OC(C)(C)C)c1F. The molecule has 0 atom stereocenters. The average molecular weight is 429 g/mol. The van der Waals surface area contributed by atoms with E-state index in [2.05, 4.69) is 10.2 Å². The number of carbonyl (C=O) groups excluding carboxylic acids is 1. The number of rotatable bonds is 6. The minimum absolute atomic E-state index is 0.0369. The molecule has 164 valence electrons. The molecule has 1 amide bonds. The summed E-state index contributed by atoms with van der Waals surface area (Å²) in [7, 11) is 0. The van der Waals surface area contributed by atoms with E-state index >= 15 is 4.39 Å². The third-order valence-corrected chi connectivity index (χ3v) is 4.71. The van der Waals surface area contributed by atoms with Crippen LogP contribution in [0.15, 0.2) is 36.5 Å². The van der Waals surface area contributed by atoms with E-state index in [4.69, 9.17) is 15.2 Å². The van der Waals surface area contributed by atoms with Gasteiger partial charge in [0.1, 0.15) is 11.4 Å². The summed E-state index contributed by atoms with van der Waals surface area (Å²) in [5.74, 6) is -1.54. The molecule has 0 unspecified atom stereocenters. The quantitative estimate of drug-likeness (QED) is 0.567. The van der Waals surface area contributed by atoms with Crippen molar-refractivity contribution in [2.75, 3.05) is 6.61 Å². The molecule has 0 radical (unpaired) electrons. The zero-order chi connectivity index (χ0) is 22.8. The van der Waals surface area contributed by atoms with E-state index in [1.807, 2.05) is 25.1 Å². The number of benzene rings is 2. The van der Waals surface area contributed by atoms with E-state index in [1.54, 1.807) is 20.8 Å². The van der Waals surface area contributed by atoms with Gasteiger partial charge in [0.05, 0.1) is 24.1 Å². The van der Waals surface area contributed by atoms with Gasteiger partial charge in [-0.25, -0.2) is 13.6 Å². The summed E-state index contributed by atoms with van der Waals surface area (Å²) in [6, 6.07) is 8.00. The second-order valence-corrected chi connectivity index (χ2v) is 8.11. The number of primary amides is 1. The zero-order valence-electron chi connectivity index (χ0n) is 17.9. The van der Waals surface area contributed by atoms with Gasteiger partial charge in [-0.2, -0.15) is 5.10 Å². The van der Waals surface area contributed by atoms with Crippen LogP contribution in [0.4, 0.5) is 13.6 Å². The van der Waals surface area contributed by atoms with Gasteiger partial charge in [0, 0.05) is 17.5 Å². The highest BCUT2D eigenvalue weighted by molar-refractivity contribution is 5.83. The fraction of sp³-hybridized carbons (Fsp3) is 0.304. The molecule has 8 heteroatoms. The predicted molar refractivity (Wildman–Crippen MR) is 114 cm³/mol. The number of aromatic amines is 1. The Morgan fingerprint density at radius 3 is 2.58 bits per heavy atom. The maximum absolute atomic E-state index is 15.3. The van der Waals surface area contributed by atoms with Crippen molar-refractivity contribution in [3.05, 3.63) is 59.3 Å². The van der Waals surface area contributed by atoms with Gasteiger partial charge in [-0.05, 0) is 51.0 Å². The van der Waals surface area contributed by atoms with Crippen molar-refractivity contribution < 1.29 is 23.0 Å². The smallest absolute Gasteiger partial charge is 0.404 e. The standard InChI is InChI=1S/C23H25F2N3O3/c1-13-14(10-11-30-22(26)29)6-5-7-15(13)21-16(12-27-28-21)19-17(24)8-9-18(20(19)25)31-23(2,3)4/h5-9,12H,10-11H2,1-4H3,(H2,26,29)(H,27,28). The monoisotopic (exact) mass is 429 g/mol. The highest BCUT2D eigenvalue weighted by Crippen LogP contribution is 2.39. The molecular weight excluding hydrogens is 404 g/mol. The zero-order valence-corrected chi connectivity index (χ0v) is 17.9. The van der Waals surface area contributed by atoms with Crippen molar-refractivity contribution in [1.29, 1.82) is 0 Å². The van der Waals surface area contributed by atoms with E-state index in [1.165, 1.54) is 18.3 Å². The van der Waals surface area contributed by atoms with Gasteiger partial charge in [0.25, 0.3) is 0 Å². The summed E-state index contributed by atoms with van der Waals surface area (Å²) in [6.45, 7) is 7.37. The van der Waals surface area contributed by atoms with Crippen molar-refractivity contribution in [3.63, 3.8) is 0 Å². The third-order valence-electron chi connectivity index (χ3n) is 4.71. The number of halogens is 2. The molecule has 3 N–H and O–H groups in total. The fourth-order valence-electron chi connectivity index (χ4n) is 3.36. The minimum atomic E-state index is -0.840. The Labute approximate surface area is 179 Å². The molecule has 3 aromatic rings. The molecule has 0 bridgehead atoms. The first-order valence-electron chi connectivity index (χ1n) is 9.80. The van der Waals surface area contributed by atoms with Crippen LogP contribution in [0.3, 0.4) is 0 Å². The van der Waals surface area contributed by atoms with Crippen molar-refractivity contribution in [2.24, 2.45) is 5.73 Å². The van der Waals surface area contributed by atoms with Gasteiger partial charge in [0.2, 0.25) is 0 Å². The van der Waals surface area contributed by atoms with Gasteiger partial charge in [-0.3, -0.25) is 5.10 Å². The molecule has 0 aliphatic heterocycles. The second kappa shape index (κ2) is 8.75. The fourth-order valence-corrected chi connectivity index (χ4v) is 3.36. The Kier molecular flexibility index (Phi) is 6.29. The summed E-state index contributed by atoms with van der Waals surface area (Å²) in [5, 5.41) is 6.89. The van der Waals surface area contributed by atoms with E-state index in [0.29, 0.717) is 12.1 Å². The lowest BCUT2D eigenvalue weighted by Crippen LogP contribution is -2.23. The molecule has 0 spiro atoms. The van der Waals surface area contributed by atoms with Crippen molar-refractivity contribution in [3.8, 4) is 28.1 Å². The number of nitrogens with one attached hydrogen (secondary N) is 1. The van der Waals surface area contributed by atoms with E-state index in [9.17, 15) is 9.18 Å². The first-order valence-corrected chi connectivity index (χ1v) is 9.80. The van der Waals surface area contributed by atoms with Crippen LogP contribution in [0, 0.1) is 18.6 Å². The molecular formula is C23H25F2N3O3. The van der Waals surface area contributed by atoms with Gasteiger partial charge < -0.3 is 15.2 Å². The van der Waals surface area contributed by atoms with E-state index < -0.39 is 23.3 Å². The maximum atomic E-state index is 15.3. The molecule has 6 nitrogen and oxygen atoms in total. The topological polar surface area (TPSA) is 90.2 Å². The molecule has 0 aliphatic rings. The third kappa shape index (κ3) is 5.02. The Balaban J connectivity index is 2.05. The number of aromatic nitrogens is 2. The van der Waals surface area contributed by atoms with Crippen LogP contribution in [0.5, 0.6) is 5.75 Å². The van der Waals surface area contributed by atoms with Crippen LogP contribution in [0.2, 0.25) is 0 Å². The molecule has 1 aromatic heterocycles. The van der Waals surface area contributed by atoms with Crippen LogP contribution in [0.25, 0.3) is 22.4 Å². The minimum Gasteiger partial charge on any atom is -0.485 e. The van der Waals surface area contributed by atoms with Gasteiger partial charge in [-0.1, -0.05) is 18.2 Å². The first kappa shape index (κ1) is 22.3. The highest BCUT2D eigenvalue weighted by atomic mass is 19.1. The van der Waals surface area contributed by atoms with E-state index in [0.717, 1.165) is 16.7 Å². The Bertz CT molecular complexity index is 1100. The summed E-state index contributed by atoms with van der Waals surface area (Å²) < 4.78 is 40.5. The van der Waals surface area contributed by atoms with Crippen LogP contribution in [-0.2, 0) is 11.2 Å². The van der Waals surface area contributed by atoms with Gasteiger partial charge >= 0.3 is 6.09 Å². The van der Waals surface area contributed by atoms with Crippen LogP contribution in [-0.4, -0.2) is 28.5 Å². The number of ether oxygens (including phenoxy) is 2. The first-order chi connectivity index (χ1) is 14.6. The number of hydrogen-bond donors (Lipinski definition) is 2. The largest absolute Gasteiger partial charge is 0.485 e. The van der Waals surface area contributed by atoms with Crippen LogP contribution in [0.1, 0.15) is 31.9 Å². The Morgan fingerprint density at radius 2 is 1.90 bits per heavy atom. The summed E-state index contributed by atoms with van der Waals surface area (Å²) in [6.07, 6.45) is 0.997. The van der Waals surface area contributed by atoms with Crippen molar-refractivity contribution in [1.82, 2.24) is 10.2 Å². The van der Waals surface area contributed by atoms with Crippen molar-refractivity contribution in [2.45, 2.75) is 39.7 Å². The lowest BCUT2D eigenvalue weighted by atomic mass is 9.94. The average Bonchev–Trinajstić information content (AvgIpc) is 3.13. The van der Waals surface area contributed by atoms with Gasteiger partial charge in [-0.15, -0.1) is 0 Å². The number of H-pyrrole nitrogens is 1. The molecule has 2 aromatic carbocycles. The molecule has 0 saturated carbocycles. The second-order valence-electron chi connectivity index (χ2n) is 8.11. The summed E-state index contributed by atoms with van der Waals surface area (Å²) in [5.41, 5.74) is 7.40. The van der Waals surface area contributed by atoms with E-state index in [-0.39, 0.29) is 23.5 Å². The lowest BCUT2D eigenvalue weighted by Gasteiger charge is -2.22. The maximum Gasteiger partial charge on any atom is 0.404 e. The van der Waals surface area contributed by atoms with Crippen LogP contribution >= 0.6 is 0 Å². The number of hydrogen-bond acceptors (Lipinski definition) is 4. The summed E-state index contributed by atoms with van der Waals surface area (Å²) in [4.78, 5) is 10.8. The molecule has 0 aliphatic carbocycles.